The highest BCUT2D eigenvalue weighted by Crippen LogP contribution is 2.27. The first-order valence-electron chi connectivity index (χ1n) is 9.62. The van der Waals surface area contributed by atoms with Crippen molar-refractivity contribution in [3.05, 3.63) is 40.2 Å². The Balaban J connectivity index is 2.35. The van der Waals surface area contributed by atoms with E-state index >= 15 is 0 Å². The van der Waals surface area contributed by atoms with Crippen molar-refractivity contribution in [3.8, 4) is 0 Å². The molecule has 2 aromatic rings. The maximum Gasteiger partial charge on any atom is 0.241 e. The van der Waals surface area contributed by atoms with Gasteiger partial charge in [-0.15, -0.1) is 0 Å². The summed E-state index contributed by atoms with van der Waals surface area (Å²) in [5, 5.41) is 12.0. The van der Waals surface area contributed by atoms with Crippen molar-refractivity contribution >= 4 is 33.5 Å². The van der Waals surface area contributed by atoms with Gasteiger partial charge in [0.25, 0.3) is 0 Å². The maximum absolute atomic E-state index is 13.8. The molecule has 1 aromatic heterocycles. The molecule has 172 valence electrons. The third-order valence-electron chi connectivity index (χ3n) is 4.33. The number of halogens is 3. The van der Waals surface area contributed by atoms with Crippen LogP contribution in [0.25, 0.3) is 0 Å². The standard InChI is InChI=1S/C19H26ClF2N5O3S/c1-10(2)5-13(9-28)23-18-24-16(25-19(26-18)27-31(4,29)30)6-11(3)12-7-14(21)17(20)15(22)8-12/h7-8,10-11,13,28H,5-6,9H2,1-4H3,(H2,23,24,25,26,27)/t11-,13+/m0/s1. The van der Waals surface area contributed by atoms with Crippen molar-refractivity contribution in [1.29, 1.82) is 0 Å². The van der Waals surface area contributed by atoms with Crippen molar-refractivity contribution in [2.45, 2.75) is 45.6 Å². The van der Waals surface area contributed by atoms with Crippen molar-refractivity contribution < 1.29 is 22.3 Å². The predicted octanol–water partition coefficient (Wildman–Crippen LogP) is 3.34. The van der Waals surface area contributed by atoms with Crippen molar-refractivity contribution in [3.63, 3.8) is 0 Å². The molecule has 3 N–H and O–H groups in total. The van der Waals surface area contributed by atoms with Gasteiger partial charge in [-0.25, -0.2) is 17.2 Å². The average Bonchev–Trinajstić information content (AvgIpc) is 2.63. The molecule has 12 heteroatoms. The summed E-state index contributed by atoms with van der Waals surface area (Å²) in [6.45, 7) is 5.53. The third kappa shape index (κ3) is 7.82. The van der Waals surface area contributed by atoms with Gasteiger partial charge in [-0.05, 0) is 36.0 Å². The van der Waals surface area contributed by atoms with E-state index in [9.17, 15) is 22.3 Å². The summed E-state index contributed by atoms with van der Waals surface area (Å²) in [6, 6.07) is 1.92. The maximum atomic E-state index is 13.8. The number of aliphatic hydroxyl groups is 1. The van der Waals surface area contributed by atoms with E-state index in [2.05, 4.69) is 25.0 Å². The minimum absolute atomic E-state index is 0.0801. The highest BCUT2D eigenvalue weighted by atomic mass is 35.5. The fraction of sp³-hybridized carbons (Fsp3) is 0.526. The average molecular weight is 478 g/mol. The fourth-order valence-electron chi connectivity index (χ4n) is 2.97. The van der Waals surface area contributed by atoms with E-state index in [0.29, 0.717) is 12.0 Å². The van der Waals surface area contributed by atoms with Crippen molar-refractivity contribution in [1.82, 2.24) is 15.0 Å². The van der Waals surface area contributed by atoms with Gasteiger partial charge in [-0.1, -0.05) is 32.4 Å². The number of benzene rings is 1. The molecule has 0 radical (unpaired) electrons. The summed E-state index contributed by atoms with van der Waals surface area (Å²) in [6.07, 6.45) is 1.73. The minimum Gasteiger partial charge on any atom is -0.394 e. The molecule has 0 unspecified atom stereocenters. The fourth-order valence-corrected chi connectivity index (χ4v) is 3.50. The summed E-state index contributed by atoms with van der Waals surface area (Å²) in [5.74, 6) is -1.79. The van der Waals surface area contributed by atoms with Crippen LogP contribution in [-0.2, 0) is 16.4 Å². The van der Waals surface area contributed by atoms with Crippen LogP contribution in [0.4, 0.5) is 20.7 Å². The Bertz CT molecular complexity index is 1000. The molecule has 31 heavy (non-hydrogen) atoms. The van der Waals surface area contributed by atoms with E-state index in [4.69, 9.17) is 11.6 Å². The molecule has 0 spiro atoms. The Morgan fingerprint density at radius 2 is 1.68 bits per heavy atom. The monoisotopic (exact) mass is 477 g/mol. The van der Waals surface area contributed by atoms with Crippen LogP contribution in [-0.4, -0.2) is 47.4 Å². The quantitative estimate of drug-likeness (QED) is 0.449. The second-order valence-electron chi connectivity index (χ2n) is 7.83. The number of hydrogen-bond donors (Lipinski definition) is 3. The summed E-state index contributed by atoms with van der Waals surface area (Å²) in [4.78, 5) is 12.5. The van der Waals surface area contributed by atoms with E-state index in [-0.39, 0.29) is 42.7 Å². The molecular formula is C19H26ClF2N5O3S. The van der Waals surface area contributed by atoms with E-state index in [1.54, 1.807) is 6.92 Å². The summed E-state index contributed by atoms with van der Waals surface area (Å²) in [5.41, 5.74) is 0.347. The van der Waals surface area contributed by atoms with Gasteiger partial charge in [0.1, 0.15) is 22.5 Å². The van der Waals surface area contributed by atoms with E-state index in [0.717, 1.165) is 18.4 Å². The van der Waals surface area contributed by atoms with Crippen molar-refractivity contribution in [2.24, 2.45) is 5.92 Å². The van der Waals surface area contributed by atoms with Gasteiger partial charge in [0.15, 0.2) is 0 Å². The molecule has 0 amide bonds. The molecule has 8 nitrogen and oxygen atoms in total. The number of rotatable bonds is 10. The molecule has 0 aliphatic rings. The van der Waals surface area contributed by atoms with Gasteiger partial charge in [-0.3, -0.25) is 4.72 Å². The highest BCUT2D eigenvalue weighted by Gasteiger charge is 2.18. The molecule has 0 saturated carbocycles. The Labute approximate surface area is 185 Å². The molecule has 0 bridgehead atoms. The molecule has 0 fully saturated rings. The zero-order valence-corrected chi connectivity index (χ0v) is 19.2. The summed E-state index contributed by atoms with van der Waals surface area (Å²) < 4.78 is 53.1. The first-order chi connectivity index (χ1) is 14.4. The summed E-state index contributed by atoms with van der Waals surface area (Å²) >= 11 is 5.54. The molecule has 2 rings (SSSR count). The third-order valence-corrected chi connectivity index (χ3v) is 5.25. The molecule has 1 heterocycles. The highest BCUT2D eigenvalue weighted by molar-refractivity contribution is 7.91. The number of anilines is 2. The van der Waals surface area contributed by atoms with Crippen LogP contribution in [0.5, 0.6) is 0 Å². The predicted molar refractivity (Wildman–Crippen MR) is 116 cm³/mol. The van der Waals surface area contributed by atoms with Gasteiger partial charge >= 0.3 is 0 Å². The van der Waals surface area contributed by atoms with Crippen LogP contribution in [0.2, 0.25) is 5.02 Å². The Morgan fingerprint density at radius 1 is 1.10 bits per heavy atom. The second-order valence-corrected chi connectivity index (χ2v) is 9.96. The van der Waals surface area contributed by atoms with Gasteiger partial charge in [0.05, 0.1) is 18.9 Å². The number of aromatic nitrogens is 3. The number of hydrogen-bond acceptors (Lipinski definition) is 7. The normalized spacial score (nSPS) is 13.8. The smallest absolute Gasteiger partial charge is 0.241 e. The van der Waals surface area contributed by atoms with Gasteiger partial charge in [0, 0.05) is 6.42 Å². The van der Waals surface area contributed by atoms with Crippen LogP contribution in [0.15, 0.2) is 12.1 Å². The Morgan fingerprint density at radius 3 is 2.19 bits per heavy atom. The Hall–Kier alpha value is -2.11. The molecule has 0 saturated heterocycles. The minimum atomic E-state index is -3.65. The molecule has 0 aliphatic heterocycles. The van der Waals surface area contributed by atoms with E-state index < -0.39 is 32.6 Å². The Kier molecular flexibility index (Phi) is 8.49. The number of aliphatic hydroxyl groups excluding tert-OH is 1. The number of nitrogens with one attached hydrogen (secondary N) is 2. The van der Waals surface area contributed by atoms with Crippen LogP contribution >= 0.6 is 11.6 Å². The van der Waals surface area contributed by atoms with Crippen LogP contribution in [0.1, 0.15) is 44.5 Å². The largest absolute Gasteiger partial charge is 0.394 e. The van der Waals surface area contributed by atoms with Crippen LogP contribution < -0.4 is 10.0 Å². The molecular weight excluding hydrogens is 452 g/mol. The zero-order chi connectivity index (χ0) is 23.3. The molecule has 0 aliphatic carbocycles. The van der Waals surface area contributed by atoms with E-state index in [1.807, 2.05) is 13.8 Å². The number of nitrogens with zero attached hydrogens (tertiary/aromatic N) is 3. The lowest BCUT2D eigenvalue weighted by molar-refractivity contribution is 0.259. The lowest BCUT2D eigenvalue weighted by Gasteiger charge is -2.19. The van der Waals surface area contributed by atoms with Gasteiger partial charge in [0.2, 0.25) is 21.9 Å². The second kappa shape index (κ2) is 10.5. The topological polar surface area (TPSA) is 117 Å². The van der Waals surface area contributed by atoms with Crippen LogP contribution in [0, 0.1) is 17.6 Å². The van der Waals surface area contributed by atoms with Gasteiger partial charge in [-0.2, -0.15) is 15.0 Å². The lowest BCUT2D eigenvalue weighted by atomic mass is 9.97. The van der Waals surface area contributed by atoms with Crippen LogP contribution in [0.3, 0.4) is 0 Å². The number of sulfonamides is 1. The van der Waals surface area contributed by atoms with Crippen molar-refractivity contribution in [2.75, 3.05) is 22.9 Å². The first-order valence-corrected chi connectivity index (χ1v) is 11.9. The molecule has 2 atom stereocenters. The first kappa shape index (κ1) is 25.2. The SMILES string of the molecule is CC(C)C[C@H](CO)Nc1nc(C[C@H](C)c2cc(F)c(Cl)c(F)c2)nc(NS(C)(=O)=O)n1. The lowest BCUT2D eigenvalue weighted by Crippen LogP contribution is -2.27. The molecule has 1 aromatic carbocycles. The summed E-state index contributed by atoms with van der Waals surface area (Å²) in [7, 11) is -3.65. The van der Waals surface area contributed by atoms with Gasteiger partial charge < -0.3 is 10.4 Å². The van der Waals surface area contributed by atoms with E-state index in [1.165, 1.54) is 0 Å². The zero-order valence-electron chi connectivity index (χ0n) is 17.7.